The molecule has 1 fully saturated rings. The molecule has 3 aromatic rings. The van der Waals surface area contributed by atoms with Crippen molar-refractivity contribution in [2.45, 2.75) is 6.54 Å². The number of rotatable bonds is 5. The Morgan fingerprint density at radius 2 is 1.73 bits per heavy atom. The highest BCUT2D eigenvalue weighted by Crippen LogP contribution is 2.33. The summed E-state index contributed by atoms with van der Waals surface area (Å²) in [4.78, 5) is 37.5. The molecule has 1 aliphatic heterocycles. The SMILES string of the molecule is O=C(O)c1ccc(-n2cccc2C=C2SC(=O)N(Cc3ccc(F)cc3)C2=O)cc1. The van der Waals surface area contributed by atoms with Crippen molar-refractivity contribution in [3.05, 3.63) is 94.4 Å². The number of carboxylic acid groups (broad SMARTS) is 1. The van der Waals surface area contributed by atoms with Crippen LogP contribution in [0.3, 0.4) is 0 Å². The molecule has 4 rings (SSSR count). The minimum absolute atomic E-state index is 0.0694. The van der Waals surface area contributed by atoms with Crippen molar-refractivity contribution in [3.63, 3.8) is 0 Å². The van der Waals surface area contributed by atoms with E-state index in [-0.39, 0.29) is 28.1 Å². The second-order valence-corrected chi connectivity index (χ2v) is 7.54. The lowest BCUT2D eigenvalue weighted by Gasteiger charge is -2.12. The van der Waals surface area contributed by atoms with Crippen LogP contribution < -0.4 is 0 Å². The van der Waals surface area contributed by atoms with Gasteiger partial charge in [0.15, 0.2) is 0 Å². The first kappa shape index (κ1) is 19.7. The van der Waals surface area contributed by atoms with E-state index in [1.807, 2.05) is 0 Å². The molecule has 2 aromatic carbocycles. The Morgan fingerprint density at radius 1 is 1.03 bits per heavy atom. The van der Waals surface area contributed by atoms with Gasteiger partial charge in [-0.1, -0.05) is 12.1 Å². The molecule has 6 nitrogen and oxygen atoms in total. The second kappa shape index (κ2) is 8.00. The number of imide groups is 1. The van der Waals surface area contributed by atoms with Crippen LogP contribution in [0.25, 0.3) is 11.8 Å². The highest BCUT2D eigenvalue weighted by atomic mass is 32.2. The third-order valence-corrected chi connectivity index (χ3v) is 5.49. The van der Waals surface area contributed by atoms with Crippen molar-refractivity contribution < 1.29 is 23.9 Å². The zero-order valence-corrected chi connectivity index (χ0v) is 16.3. The van der Waals surface area contributed by atoms with Crippen molar-refractivity contribution >= 4 is 35.0 Å². The van der Waals surface area contributed by atoms with Crippen LogP contribution in [0.5, 0.6) is 0 Å². The lowest BCUT2D eigenvalue weighted by molar-refractivity contribution is -0.123. The van der Waals surface area contributed by atoms with Crippen LogP contribution in [-0.2, 0) is 11.3 Å². The van der Waals surface area contributed by atoms with Crippen molar-refractivity contribution in [2.75, 3.05) is 0 Å². The summed E-state index contributed by atoms with van der Waals surface area (Å²) in [5.74, 6) is -1.81. The molecule has 8 heteroatoms. The van der Waals surface area contributed by atoms with Gasteiger partial charge in [0.2, 0.25) is 0 Å². The first-order chi connectivity index (χ1) is 14.4. The van der Waals surface area contributed by atoms with E-state index in [0.29, 0.717) is 11.3 Å². The maximum atomic E-state index is 13.1. The normalized spacial score (nSPS) is 15.2. The number of hydrogen-bond acceptors (Lipinski definition) is 4. The molecule has 0 radical (unpaired) electrons. The summed E-state index contributed by atoms with van der Waals surface area (Å²) in [6.45, 7) is 0.0694. The smallest absolute Gasteiger partial charge is 0.335 e. The second-order valence-electron chi connectivity index (χ2n) is 6.55. The molecule has 0 saturated carbocycles. The third kappa shape index (κ3) is 3.90. The van der Waals surface area contributed by atoms with Gasteiger partial charge >= 0.3 is 5.97 Å². The maximum Gasteiger partial charge on any atom is 0.335 e. The molecule has 2 heterocycles. The van der Waals surface area contributed by atoms with Crippen molar-refractivity contribution in [2.24, 2.45) is 0 Å². The van der Waals surface area contributed by atoms with Gasteiger partial charge in [0.05, 0.1) is 17.0 Å². The summed E-state index contributed by atoms with van der Waals surface area (Å²) in [6, 6.07) is 15.6. The fourth-order valence-corrected chi connectivity index (χ4v) is 3.88. The number of hydrogen-bond donors (Lipinski definition) is 1. The number of halogens is 1. The van der Waals surface area contributed by atoms with Gasteiger partial charge in [0, 0.05) is 17.6 Å². The summed E-state index contributed by atoms with van der Waals surface area (Å²) in [5.41, 5.74) is 2.23. The Hall–Kier alpha value is -3.65. The van der Waals surface area contributed by atoms with Gasteiger partial charge in [-0.05, 0) is 71.9 Å². The predicted molar refractivity (Wildman–Crippen MR) is 111 cm³/mol. The van der Waals surface area contributed by atoms with E-state index >= 15 is 0 Å². The number of thioether (sulfide) groups is 1. The highest BCUT2D eigenvalue weighted by molar-refractivity contribution is 8.18. The molecule has 150 valence electrons. The van der Waals surface area contributed by atoms with E-state index in [0.717, 1.165) is 22.3 Å². The minimum atomic E-state index is -1.01. The number of carboxylic acids is 1. The molecule has 1 aromatic heterocycles. The quantitative estimate of drug-likeness (QED) is 0.610. The Kier molecular flexibility index (Phi) is 5.24. The lowest BCUT2D eigenvalue weighted by atomic mass is 10.2. The fraction of sp³-hybridized carbons (Fsp3) is 0.0455. The molecular weight excluding hydrogens is 407 g/mol. The maximum absolute atomic E-state index is 13.1. The number of carbonyl (C=O) groups is 3. The average Bonchev–Trinajstić information content (AvgIpc) is 3.30. The monoisotopic (exact) mass is 422 g/mol. The Balaban J connectivity index is 1.58. The van der Waals surface area contributed by atoms with Gasteiger partial charge in [-0.2, -0.15) is 0 Å². The van der Waals surface area contributed by atoms with Crippen LogP contribution in [0, 0.1) is 5.82 Å². The van der Waals surface area contributed by atoms with Crippen LogP contribution in [-0.4, -0.2) is 31.7 Å². The third-order valence-electron chi connectivity index (χ3n) is 4.58. The fourth-order valence-electron chi connectivity index (χ4n) is 3.05. The van der Waals surface area contributed by atoms with Crippen LogP contribution in [0.4, 0.5) is 9.18 Å². The Labute approximate surface area is 175 Å². The zero-order valence-electron chi connectivity index (χ0n) is 15.5. The van der Waals surface area contributed by atoms with Crippen molar-refractivity contribution in [3.8, 4) is 5.69 Å². The van der Waals surface area contributed by atoms with E-state index in [1.165, 1.54) is 36.4 Å². The summed E-state index contributed by atoms with van der Waals surface area (Å²) in [7, 11) is 0. The standard InChI is InChI=1S/C22H15FN2O4S/c23-16-7-3-14(4-8-16)13-25-20(26)19(30-22(25)29)12-18-2-1-11-24(18)17-9-5-15(6-10-17)21(27)28/h1-12H,13H2,(H,27,28). The van der Waals surface area contributed by atoms with Gasteiger partial charge in [0.1, 0.15) is 5.82 Å². The van der Waals surface area contributed by atoms with Gasteiger partial charge < -0.3 is 9.67 Å². The molecule has 0 unspecified atom stereocenters. The van der Waals surface area contributed by atoms with Crippen LogP contribution in [0.15, 0.2) is 71.8 Å². The molecule has 1 aliphatic rings. The number of nitrogens with zero attached hydrogens (tertiary/aromatic N) is 2. The first-order valence-electron chi connectivity index (χ1n) is 8.93. The molecule has 1 saturated heterocycles. The van der Waals surface area contributed by atoms with E-state index in [4.69, 9.17) is 5.11 Å². The molecular formula is C22H15FN2O4S. The number of aromatic nitrogens is 1. The number of benzene rings is 2. The Morgan fingerprint density at radius 3 is 2.40 bits per heavy atom. The number of carbonyl (C=O) groups excluding carboxylic acids is 2. The Bertz CT molecular complexity index is 1170. The van der Waals surface area contributed by atoms with Gasteiger partial charge in [-0.3, -0.25) is 14.5 Å². The highest BCUT2D eigenvalue weighted by Gasteiger charge is 2.35. The summed E-state index contributed by atoms with van der Waals surface area (Å²) in [5, 5.41) is 8.65. The van der Waals surface area contributed by atoms with Gasteiger partial charge in [-0.15, -0.1) is 0 Å². The van der Waals surface area contributed by atoms with E-state index in [1.54, 1.807) is 41.1 Å². The molecule has 0 spiro atoms. The topological polar surface area (TPSA) is 79.6 Å². The first-order valence-corrected chi connectivity index (χ1v) is 9.75. The van der Waals surface area contributed by atoms with Crippen molar-refractivity contribution in [1.29, 1.82) is 0 Å². The average molecular weight is 422 g/mol. The van der Waals surface area contributed by atoms with Gasteiger partial charge in [-0.25, -0.2) is 9.18 Å². The number of aromatic carboxylic acids is 1. The van der Waals surface area contributed by atoms with Gasteiger partial charge in [0.25, 0.3) is 11.1 Å². The van der Waals surface area contributed by atoms with Crippen LogP contribution >= 0.6 is 11.8 Å². The van der Waals surface area contributed by atoms with Crippen LogP contribution in [0.1, 0.15) is 21.6 Å². The summed E-state index contributed by atoms with van der Waals surface area (Å²) < 4.78 is 14.9. The van der Waals surface area contributed by atoms with Crippen molar-refractivity contribution in [1.82, 2.24) is 9.47 Å². The summed E-state index contributed by atoms with van der Waals surface area (Å²) >= 11 is 0.846. The van der Waals surface area contributed by atoms with E-state index in [9.17, 15) is 18.8 Å². The van der Waals surface area contributed by atoms with E-state index < -0.39 is 11.9 Å². The lowest BCUT2D eigenvalue weighted by Crippen LogP contribution is -2.27. The minimum Gasteiger partial charge on any atom is -0.478 e. The number of amides is 2. The van der Waals surface area contributed by atoms with Crippen LogP contribution in [0.2, 0.25) is 0 Å². The molecule has 0 aliphatic carbocycles. The molecule has 0 atom stereocenters. The molecule has 30 heavy (non-hydrogen) atoms. The van der Waals surface area contributed by atoms with E-state index in [2.05, 4.69) is 0 Å². The zero-order chi connectivity index (χ0) is 21.3. The predicted octanol–water partition coefficient (Wildman–Crippen LogP) is 4.55. The molecule has 2 amide bonds. The summed E-state index contributed by atoms with van der Waals surface area (Å²) in [6.07, 6.45) is 3.41. The largest absolute Gasteiger partial charge is 0.478 e. The molecule has 0 bridgehead atoms. The molecule has 1 N–H and O–H groups in total.